The van der Waals surface area contributed by atoms with Gasteiger partial charge in [-0.2, -0.15) is 0 Å². The van der Waals surface area contributed by atoms with Gasteiger partial charge < -0.3 is 16.4 Å². The molecule has 4 nitrogen and oxygen atoms in total. The van der Waals surface area contributed by atoms with E-state index < -0.39 is 5.82 Å². The fraction of sp³-hybridized carbons (Fsp3) is 0.448. The zero-order chi connectivity index (χ0) is 24.4. The van der Waals surface area contributed by atoms with E-state index in [1.165, 1.54) is 54.9 Å². The minimum absolute atomic E-state index is 0.0544. The summed E-state index contributed by atoms with van der Waals surface area (Å²) < 4.78 is 13.7. The summed E-state index contributed by atoms with van der Waals surface area (Å²) in [7, 11) is 0. The van der Waals surface area contributed by atoms with Gasteiger partial charge in [-0.3, -0.25) is 4.90 Å². The van der Waals surface area contributed by atoms with E-state index in [1.54, 1.807) is 12.1 Å². The van der Waals surface area contributed by atoms with Gasteiger partial charge in [-0.1, -0.05) is 49.1 Å². The molecule has 2 heterocycles. The van der Waals surface area contributed by atoms with Crippen molar-refractivity contribution in [3.63, 3.8) is 0 Å². The smallest absolute Gasteiger partial charge is 0.141 e. The molecule has 2 aromatic carbocycles. The molecule has 1 aliphatic carbocycles. The molecule has 186 valence electrons. The molecule has 0 spiro atoms. The van der Waals surface area contributed by atoms with Gasteiger partial charge in [0.05, 0.1) is 16.8 Å². The van der Waals surface area contributed by atoms with E-state index in [0.29, 0.717) is 0 Å². The lowest BCUT2D eigenvalue weighted by atomic mass is 9.89. The molecule has 1 atom stereocenters. The maximum Gasteiger partial charge on any atom is 0.141 e. The largest absolute Gasteiger partial charge is 0.401 e. The van der Waals surface area contributed by atoms with Crippen molar-refractivity contribution < 1.29 is 4.39 Å². The summed E-state index contributed by atoms with van der Waals surface area (Å²) in [5.74, 6) is -0.405. The molecule has 2 aliphatic heterocycles. The average molecular weight is 495 g/mol. The Labute approximate surface area is 213 Å². The van der Waals surface area contributed by atoms with Gasteiger partial charge in [-0.05, 0) is 73.6 Å². The Hall–Kier alpha value is -2.50. The third-order valence-corrected chi connectivity index (χ3v) is 8.08. The summed E-state index contributed by atoms with van der Waals surface area (Å²) in [5, 5.41) is 7.25. The molecular weight excluding hydrogens is 459 g/mol. The molecule has 0 aromatic heterocycles. The summed E-state index contributed by atoms with van der Waals surface area (Å²) in [6.45, 7) is 4.91. The van der Waals surface area contributed by atoms with E-state index in [2.05, 4.69) is 39.8 Å². The predicted octanol–water partition coefficient (Wildman–Crippen LogP) is 6.69. The van der Waals surface area contributed by atoms with Crippen LogP contribution in [0, 0.1) is 5.82 Å². The lowest BCUT2D eigenvalue weighted by molar-refractivity contribution is 0.171. The van der Waals surface area contributed by atoms with Gasteiger partial charge in [0.15, 0.2) is 0 Å². The zero-order valence-corrected chi connectivity index (χ0v) is 21.3. The second-order valence-corrected chi connectivity index (χ2v) is 10.6. The molecule has 0 amide bonds. The molecule has 1 unspecified atom stereocenters. The van der Waals surface area contributed by atoms with Crippen molar-refractivity contribution in [3.05, 3.63) is 75.7 Å². The number of nitrogens with zero attached hydrogens (tertiary/aromatic N) is 1. The fourth-order valence-corrected chi connectivity index (χ4v) is 6.06. The SMILES string of the molecule is C/C(N)=C1/NCCC(Nc2ccc(F)c(Cl)c2)c2cc(C3=CCN(C4CCCCC4)CC3)ccc21. The van der Waals surface area contributed by atoms with E-state index in [0.717, 1.165) is 61.2 Å². The van der Waals surface area contributed by atoms with Crippen LogP contribution in [0.1, 0.15) is 74.6 Å². The molecule has 35 heavy (non-hydrogen) atoms. The molecular formula is C29H36ClFN4. The molecule has 5 rings (SSSR count). The van der Waals surface area contributed by atoms with E-state index in [9.17, 15) is 4.39 Å². The Balaban J connectivity index is 1.44. The molecule has 3 aliphatic rings. The second-order valence-electron chi connectivity index (χ2n) is 10.2. The van der Waals surface area contributed by atoms with E-state index in [-0.39, 0.29) is 11.1 Å². The van der Waals surface area contributed by atoms with Crippen LogP contribution in [0.4, 0.5) is 10.1 Å². The molecule has 0 radical (unpaired) electrons. The van der Waals surface area contributed by atoms with Crippen LogP contribution in [0.15, 0.2) is 48.2 Å². The van der Waals surface area contributed by atoms with Gasteiger partial charge in [0, 0.05) is 42.6 Å². The molecule has 0 saturated heterocycles. The van der Waals surface area contributed by atoms with E-state index in [1.807, 2.05) is 6.92 Å². The molecule has 1 saturated carbocycles. The Morgan fingerprint density at radius 3 is 2.66 bits per heavy atom. The highest BCUT2D eigenvalue weighted by Crippen LogP contribution is 2.36. The first-order valence-electron chi connectivity index (χ1n) is 13.0. The molecule has 4 N–H and O–H groups in total. The monoisotopic (exact) mass is 494 g/mol. The maximum absolute atomic E-state index is 13.7. The standard InChI is InChI=1S/C29H36ClFN4/c1-19(32)29-24-9-7-21(20-12-15-35(16-13-20)23-5-3-2-4-6-23)17-25(24)28(11-14-33-29)34-22-8-10-27(31)26(30)18-22/h7-10,12,17-18,23,28,33-34H,2-6,11,13-16,32H2,1H3/b29-19-. The number of benzene rings is 2. The minimum Gasteiger partial charge on any atom is -0.401 e. The topological polar surface area (TPSA) is 53.3 Å². The predicted molar refractivity (Wildman–Crippen MR) is 145 cm³/mol. The maximum atomic E-state index is 13.7. The number of halogens is 2. The third-order valence-electron chi connectivity index (χ3n) is 7.79. The molecule has 6 heteroatoms. The first kappa shape index (κ1) is 24.2. The van der Waals surface area contributed by atoms with Gasteiger partial charge >= 0.3 is 0 Å². The Bertz CT molecular complexity index is 1130. The highest BCUT2D eigenvalue weighted by Gasteiger charge is 2.26. The third kappa shape index (κ3) is 5.36. The second kappa shape index (κ2) is 10.6. The van der Waals surface area contributed by atoms with E-state index >= 15 is 0 Å². The van der Waals surface area contributed by atoms with Crippen LogP contribution in [-0.4, -0.2) is 30.6 Å². The van der Waals surface area contributed by atoms with Crippen molar-refractivity contribution in [1.29, 1.82) is 0 Å². The van der Waals surface area contributed by atoms with Crippen molar-refractivity contribution in [1.82, 2.24) is 10.2 Å². The van der Waals surface area contributed by atoms with E-state index in [4.69, 9.17) is 17.3 Å². The lowest BCUT2D eigenvalue weighted by Crippen LogP contribution is -2.39. The van der Waals surface area contributed by atoms with Crippen molar-refractivity contribution in [2.45, 2.75) is 64.0 Å². The molecule has 1 fully saturated rings. The number of hydrogen-bond donors (Lipinski definition) is 3. The summed E-state index contributed by atoms with van der Waals surface area (Å²) >= 11 is 6.06. The van der Waals surface area contributed by atoms with Crippen LogP contribution in [0.25, 0.3) is 11.3 Å². The fourth-order valence-electron chi connectivity index (χ4n) is 5.88. The van der Waals surface area contributed by atoms with Crippen LogP contribution in [0.3, 0.4) is 0 Å². The van der Waals surface area contributed by atoms with Crippen molar-refractivity contribution >= 4 is 28.6 Å². The van der Waals surface area contributed by atoms with Crippen LogP contribution < -0.4 is 16.4 Å². The number of nitrogens with one attached hydrogen (secondary N) is 2. The normalized spacial score (nSPS) is 23.1. The van der Waals surface area contributed by atoms with Crippen LogP contribution >= 0.6 is 11.6 Å². The van der Waals surface area contributed by atoms with Crippen LogP contribution in [0.2, 0.25) is 5.02 Å². The van der Waals surface area contributed by atoms with Gasteiger partial charge in [0.2, 0.25) is 0 Å². The highest BCUT2D eigenvalue weighted by atomic mass is 35.5. The number of rotatable bonds is 4. The highest BCUT2D eigenvalue weighted by molar-refractivity contribution is 6.31. The Kier molecular flexibility index (Phi) is 7.35. The summed E-state index contributed by atoms with van der Waals surface area (Å²) in [6, 6.07) is 12.4. The summed E-state index contributed by atoms with van der Waals surface area (Å²) in [4.78, 5) is 2.68. The lowest BCUT2D eigenvalue weighted by Gasteiger charge is -2.36. The quantitative estimate of drug-likeness (QED) is 0.443. The van der Waals surface area contributed by atoms with Gasteiger partial charge in [-0.15, -0.1) is 0 Å². The first-order valence-corrected chi connectivity index (χ1v) is 13.4. The van der Waals surface area contributed by atoms with Crippen molar-refractivity contribution in [2.24, 2.45) is 5.73 Å². The summed E-state index contributed by atoms with van der Waals surface area (Å²) in [5.41, 5.74) is 13.9. The number of anilines is 1. The van der Waals surface area contributed by atoms with Gasteiger partial charge in [-0.25, -0.2) is 4.39 Å². The minimum atomic E-state index is -0.405. The van der Waals surface area contributed by atoms with Crippen LogP contribution in [0.5, 0.6) is 0 Å². The number of allylic oxidation sites excluding steroid dienone is 1. The van der Waals surface area contributed by atoms with Crippen molar-refractivity contribution in [2.75, 3.05) is 25.0 Å². The van der Waals surface area contributed by atoms with Crippen LogP contribution in [-0.2, 0) is 0 Å². The van der Waals surface area contributed by atoms with Crippen molar-refractivity contribution in [3.8, 4) is 0 Å². The zero-order valence-electron chi connectivity index (χ0n) is 20.5. The number of hydrogen-bond acceptors (Lipinski definition) is 4. The number of nitrogens with two attached hydrogens (primary N) is 1. The first-order chi connectivity index (χ1) is 17.0. The van der Waals surface area contributed by atoms with Gasteiger partial charge in [0.1, 0.15) is 5.82 Å². The number of fused-ring (bicyclic) bond motifs is 1. The van der Waals surface area contributed by atoms with Gasteiger partial charge in [0.25, 0.3) is 0 Å². The molecule has 0 bridgehead atoms. The molecule has 2 aromatic rings. The average Bonchev–Trinajstić information content (AvgIpc) is 3.06. The summed E-state index contributed by atoms with van der Waals surface area (Å²) in [6.07, 6.45) is 11.2. The Morgan fingerprint density at radius 1 is 1.11 bits per heavy atom. The Morgan fingerprint density at radius 2 is 1.94 bits per heavy atom.